The van der Waals surface area contributed by atoms with Gasteiger partial charge in [-0.3, -0.25) is 9.69 Å². The third-order valence-corrected chi connectivity index (χ3v) is 2.46. The minimum atomic E-state index is -0.203. The number of nitrogens with zero attached hydrogens (tertiary/aromatic N) is 2. The summed E-state index contributed by atoms with van der Waals surface area (Å²) in [6, 6.07) is 1.92. The van der Waals surface area contributed by atoms with Crippen LogP contribution in [0.15, 0.2) is 12.7 Å². The zero-order chi connectivity index (χ0) is 13.3. The Hall–Kier alpha value is -1.34. The maximum Gasteiger partial charge on any atom is 0.237 e. The Kier molecular flexibility index (Phi) is 8.08. The standard InChI is InChI=1S/C13H23N3O/c1-5-8-15-13(17)12(4)16(9-6-7-14)10-11(2)3/h5,11-12H,1,6,8-10H2,2-4H3,(H,15,17). The first-order valence-electron chi connectivity index (χ1n) is 6.02. The molecule has 0 aromatic heterocycles. The van der Waals surface area contributed by atoms with Crippen molar-refractivity contribution in [2.75, 3.05) is 19.6 Å². The largest absolute Gasteiger partial charge is 0.351 e. The fraction of sp³-hybridized carbons (Fsp3) is 0.692. The van der Waals surface area contributed by atoms with Crippen LogP contribution in [0, 0.1) is 17.2 Å². The van der Waals surface area contributed by atoms with Crippen LogP contribution in [0.5, 0.6) is 0 Å². The van der Waals surface area contributed by atoms with Crippen molar-refractivity contribution in [2.45, 2.75) is 33.2 Å². The first-order chi connectivity index (χ1) is 8.02. The quantitative estimate of drug-likeness (QED) is 0.652. The van der Waals surface area contributed by atoms with Crippen molar-refractivity contribution in [3.05, 3.63) is 12.7 Å². The molecule has 0 saturated heterocycles. The van der Waals surface area contributed by atoms with Crippen LogP contribution >= 0.6 is 0 Å². The number of rotatable bonds is 8. The molecular formula is C13H23N3O. The van der Waals surface area contributed by atoms with Crippen molar-refractivity contribution in [1.82, 2.24) is 10.2 Å². The molecule has 0 heterocycles. The zero-order valence-electron chi connectivity index (χ0n) is 11.1. The normalized spacial score (nSPS) is 12.2. The summed E-state index contributed by atoms with van der Waals surface area (Å²) in [7, 11) is 0. The molecule has 0 aromatic carbocycles. The predicted octanol–water partition coefficient (Wildman–Crippen LogP) is 1.55. The summed E-state index contributed by atoms with van der Waals surface area (Å²) in [4.78, 5) is 13.9. The van der Waals surface area contributed by atoms with Gasteiger partial charge in [-0.25, -0.2) is 0 Å². The maximum atomic E-state index is 11.8. The lowest BCUT2D eigenvalue weighted by molar-refractivity contribution is -0.125. The van der Waals surface area contributed by atoms with Crippen LogP contribution < -0.4 is 5.32 Å². The molecule has 0 saturated carbocycles. The van der Waals surface area contributed by atoms with Crippen molar-refractivity contribution >= 4 is 5.91 Å². The molecule has 0 aliphatic rings. The van der Waals surface area contributed by atoms with E-state index in [2.05, 4.69) is 31.8 Å². The minimum Gasteiger partial charge on any atom is -0.351 e. The molecule has 1 N–H and O–H groups in total. The third-order valence-electron chi connectivity index (χ3n) is 2.46. The molecule has 4 nitrogen and oxygen atoms in total. The summed E-state index contributed by atoms with van der Waals surface area (Å²) in [5, 5.41) is 11.4. The van der Waals surface area contributed by atoms with Crippen molar-refractivity contribution < 1.29 is 4.79 Å². The smallest absolute Gasteiger partial charge is 0.237 e. The van der Waals surface area contributed by atoms with Gasteiger partial charge in [0.2, 0.25) is 5.91 Å². The number of carbonyl (C=O) groups is 1. The number of amides is 1. The van der Waals surface area contributed by atoms with E-state index in [9.17, 15) is 4.79 Å². The molecule has 0 fully saturated rings. The molecule has 1 unspecified atom stereocenters. The number of nitrogens with one attached hydrogen (secondary N) is 1. The highest BCUT2D eigenvalue weighted by Crippen LogP contribution is 2.05. The highest BCUT2D eigenvalue weighted by Gasteiger charge is 2.20. The zero-order valence-corrected chi connectivity index (χ0v) is 11.1. The van der Waals surface area contributed by atoms with Gasteiger partial charge in [-0.05, 0) is 12.8 Å². The van der Waals surface area contributed by atoms with Crippen LogP contribution in [0.3, 0.4) is 0 Å². The van der Waals surface area contributed by atoms with Crippen LogP contribution in [0.1, 0.15) is 27.2 Å². The van der Waals surface area contributed by atoms with Gasteiger partial charge < -0.3 is 5.32 Å². The Morgan fingerprint density at radius 3 is 2.65 bits per heavy atom. The number of nitriles is 1. The van der Waals surface area contributed by atoms with E-state index in [4.69, 9.17) is 5.26 Å². The first-order valence-corrected chi connectivity index (χ1v) is 6.02. The van der Waals surface area contributed by atoms with Crippen molar-refractivity contribution in [3.8, 4) is 6.07 Å². The average molecular weight is 237 g/mol. The summed E-state index contributed by atoms with van der Waals surface area (Å²) < 4.78 is 0. The van der Waals surface area contributed by atoms with Gasteiger partial charge in [0.05, 0.1) is 12.1 Å². The molecule has 0 aliphatic heterocycles. The molecule has 0 aliphatic carbocycles. The van der Waals surface area contributed by atoms with Gasteiger partial charge in [-0.2, -0.15) is 5.26 Å². The first kappa shape index (κ1) is 15.7. The molecule has 0 spiro atoms. The summed E-state index contributed by atoms with van der Waals surface area (Å²) in [5.41, 5.74) is 0. The fourth-order valence-corrected chi connectivity index (χ4v) is 1.59. The van der Waals surface area contributed by atoms with Crippen LogP contribution in [0.4, 0.5) is 0 Å². The van der Waals surface area contributed by atoms with Gasteiger partial charge in [0.25, 0.3) is 0 Å². The van der Waals surface area contributed by atoms with E-state index < -0.39 is 0 Å². The number of hydrogen-bond donors (Lipinski definition) is 1. The molecule has 1 atom stereocenters. The molecular weight excluding hydrogens is 214 g/mol. The second-order valence-electron chi connectivity index (χ2n) is 4.51. The van der Waals surface area contributed by atoms with Gasteiger partial charge in [0.1, 0.15) is 0 Å². The van der Waals surface area contributed by atoms with Gasteiger partial charge in [0.15, 0.2) is 0 Å². The fourth-order valence-electron chi connectivity index (χ4n) is 1.59. The summed E-state index contributed by atoms with van der Waals surface area (Å²) in [5.74, 6) is 0.465. The predicted molar refractivity (Wildman–Crippen MR) is 69.3 cm³/mol. The lowest BCUT2D eigenvalue weighted by Crippen LogP contribution is -2.46. The van der Waals surface area contributed by atoms with E-state index in [1.165, 1.54) is 0 Å². The van der Waals surface area contributed by atoms with Crippen LogP contribution in [0.2, 0.25) is 0 Å². The molecule has 0 aromatic rings. The molecule has 96 valence electrons. The Labute approximate surface area is 104 Å². The minimum absolute atomic E-state index is 0.0107. The molecule has 17 heavy (non-hydrogen) atoms. The van der Waals surface area contributed by atoms with Crippen LogP contribution in [-0.2, 0) is 4.79 Å². The summed E-state index contributed by atoms with van der Waals surface area (Å²) in [6.45, 7) is 11.6. The highest BCUT2D eigenvalue weighted by atomic mass is 16.2. The van der Waals surface area contributed by atoms with Crippen molar-refractivity contribution in [3.63, 3.8) is 0 Å². The van der Waals surface area contributed by atoms with Crippen LogP contribution in [-0.4, -0.2) is 36.5 Å². The second-order valence-corrected chi connectivity index (χ2v) is 4.51. The van der Waals surface area contributed by atoms with E-state index in [1.807, 2.05) is 11.8 Å². The summed E-state index contributed by atoms with van der Waals surface area (Å²) in [6.07, 6.45) is 2.11. The third kappa shape index (κ3) is 6.75. The number of hydrogen-bond acceptors (Lipinski definition) is 3. The lowest BCUT2D eigenvalue weighted by Gasteiger charge is -2.28. The van der Waals surface area contributed by atoms with Crippen molar-refractivity contribution in [1.29, 1.82) is 5.26 Å². The Morgan fingerprint density at radius 2 is 2.18 bits per heavy atom. The van der Waals surface area contributed by atoms with E-state index in [1.54, 1.807) is 6.08 Å². The Morgan fingerprint density at radius 1 is 1.53 bits per heavy atom. The monoisotopic (exact) mass is 237 g/mol. The molecule has 0 radical (unpaired) electrons. The van der Waals surface area contributed by atoms with Crippen molar-refractivity contribution in [2.24, 2.45) is 5.92 Å². The topological polar surface area (TPSA) is 56.1 Å². The number of carbonyl (C=O) groups excluding carboxylic acids is 1. The molecule has 0 bridgehead atoms. The van der Waals surface area contributed by atoms with E-state index in [0.29, 0.717) is 25.4 Å². The Balaban J connectivity index is 4.38. The Bertz CT molecular complexity index is 281. The molecule has 1 amide bonds. The van der Waals surface area contributed by atoms with E-state index in [-0.39, 0.29) is 11.9 Å². The van der Waals surface area contributed by atoms with Gasteiger partial charge in [-0.15, -0.1) is 6.58 Å². The average Bonchev–Trinajstić information content (AvgIpc) is 2.29. The van der Waals surface area contributed by atoms with E-state index in [0.717, 1.165) is 6.54 Å². The maximum absolute atomic E-state index is 11.8. The van der Waals surface area contributed by atoms with Gasteiger partial charge in [0, 0.05) is 26.1 Å². The lowest BCUT2D eigenvalue weighted by atomic mass is 10.1. The summed E-state index contributed by atoms with van der Waals surface area (Å²) >= 11 is 0. The second kappa shape index (κ2) is 8.77. The molecule has 0 rings (SSSR count). The van der Waals surface area contributed by atoms with Gasteiger partial charge in [-0.1, -0.05) is 19.9 Å². The highest BCUT2D eigenvalue weighted by molar-refractivity contribution is 5.81. The van der Waals surface area contributed by atoms with Crippen LogP contribution in [0.25, 0.3) is 0 Å². The SMILES string of the molecule is C=CCNC(=O)C(C)N(CCC#N)CC(C)C. The van der Waals surface area contributed by atoms with E-state index >= 15 is 0 Å². The molecule has 4 heteroatoms. The van der Waals surface area contributed by atoms with Gasteiger partial charge >= 0.3 is 0 Å².